The van der Waals surface area contributed by atoms with E-state index in [0.29, 0.717) is 11.3 Å². The number of amides is 1. The number of halogens is 2. The van der Waals surface area contributed by atoms with Crippen LogP contribution < -0.4 is 5.32 Å². The summed E-state index contributed by atoms with van der Waals surface area (Å²) < 4.78 is 13.3. The topological polar surface area (TPSA) is 29.1 Å². The standard InChI is InChI=1S/C21H17ClFNOS/c1-14-2-9-18(23)12-20(14)24-21(25)16-5-3-15(4-6-16)13-26-19-10-7-17(22)8-11-19/h2-12H,13H2,1H3,(H,24,25). The lowest BCUT2D eigenvalue weighted by molar-refractivity contribution is 0.102. The minimum absolute atomic E-state index is 0.254. The quantitative estimate of drug-likeness (QED) is 0.520. The highest BCUT2D eigenvalue weighted by Gasteiger charge is 2.09. The molecule has 1 amide bonds. The molecule has 0 fully saturated rings. The Labute approximate surface area is 161 Å². The molecule has 0 aliphatic rings. The molecule has 5 heteroatoms. The van der Waals surface area contributed by atoms with Gasteiger partial charge in [-0.1, -0.05) is 29.8 Å². The van der Waals surface area contributed by atoms with E-state index in [1.54, 1.807) is 30.0 Å². The SMILES string of the molecule is Cc1ccc(F)cc1NC(=O)c1ccc(CSc2ccc(Cl)cc2)cc1. The smallest absolute Gasteiger partial charge is 0.255 e. The number of carbonyl (C=O) groups is 1. The molecule has 0 aromatic heterocycles. The zero-order chi connectivity index (χ0) is 18.5. The highest BCUT2D eigenvalue weighted by Crippen LogP contribution is 2.24. The van der Waals surface area contributed by atoms with Gasteiger partial charge in [-0.25, -0.2) is 4.39 Å². The second kappa shape index (κ2) is 8.39. The van der Waals surface area contributed by atoms with Gasteiger partial charge in [0, 0.05) is 26.9 Å². The van der Waals surface area contributed by atoms with Crippen molar-refractivity contribution in [3.63, 3.8) is 0 Å². The van der Waals surface area contributed by atoms with Crippen molar-refractivity contribution in [3.8, 4) is 0 Å². The minimum atomic E-state index is -0.375. The third-order valence-electron chi connectivity index (χ3n) is 3.88. The molecule has 0 saturated carbocycles. The maximum Gasteiger partial charge on any atom is 0.255 e. The lowest BCUT2D eigenvalue weighted by Crippen LogP contribution is -2.12. The van der Waals surface area contributed by atoms with Gasteiger partial charge in [0.2, 0.25) is 0 Å². The van der Waals surface area contributed by atoms with Crippen LogP contribution in [0.5, 0.6) is 0 Å². The lowest BCUT2D eigenvalue weighted by Gasteiger charge is -2.09. The first kappa shape index (κ1) is 18.5. The molecule has 0 bridgehead atoms. The van der Waals surface area contributed by atoms with Crippen molar-refractivity contribution < 1.29 is 9.18 Å². The minimum Gasteiger partial charge on any atom is -0.322 e. The average Bonchev–Trinajstić information content (AvgIpc) is 2.64. The van der Waals surface area contributed by atoms with E-state index in [0.717, 1.165) is 26.8 Å². The summed E-state index contributed by atoms with van der Waals surface area (Å²) in [5.74, 6) is 0.170. The van der Waals surface area contributed by atoms with Gasteiger partial charge in [-0.05, 0) is 66.6 Å². The predicted molar refractivity (Wildman–Crippen MR) is 107 cm³/mol. The van der Waals surface area contributed by atoms with E-state index < -0.39 is 0 Å². The molecule has 2 nitrogen and oxygen atoms in total. The number of aryl methyl sites for hydroxylation is 1. The number of benzene rings is 3. The molecule has 3 rings (SSSR count). The molecule has 26 heavy (non-hydrogen) atoms. The van der Waals surface area contributed by atoms with Crippen LogP contribution in [-0.2, 0) is 5.75 Å². The molecule has 3 aromatic rings. The average molecular weight is 386 g/mol. The van der Waals surface area contributed by atoms with E-state index in [-0.39, 0.29) is 11.7 Å². The van der Waals surface area contributed by atoms with Gasteiger partial charge >= 0.3 is 0 Å². The summed E-state index contributed by atoms with van der Waals surface area (Å²) in [6, 6.07) is 19.4. The zero-order valence-electron chi connectivity index (χ0n) is 14.1. The van der Waals surface area contributed by atoms with Gasteiger partial charge in [-0.15, -0.1) is 11.8 Å². The van der Waals surface area contributed by atoms with Crippen LogP contribution in [0, 0.1) is 12.7 Å². The van der Waals surface area contributed by atoms with Crippen molar-refractivity contribution in [1.29, 1.82) is 0 Å². The molecule has 1 N–H and O–H groups in total. The summed E-state index contributed by atoms with van der Waals surface area (Å²) in [5, 5.41) is 3.47. The molecule has 0 spiro atoms. The number of carbonyl (C=O) groups excluding carboxylic acids is 1. The first-order chi connectivity index (χ1) is 12.5. The molecule has 0 unspecified atom stereocenters. The number of hydrogen-bond acceptors (Lipinski definition) is 2. The zero-order valence-corrected chi connectivity index (χ0v) is 15.7. The van der Waals surface area contributed by atoms with E-state index in [1.165, 1.54) is 12.1 Å². The van der Waals surface area contributed by atoms with Gasteiger partial charge in [-0.2, -0.15) is 0 Å². The van der Waals surface area contributed by atoms with E-state index in [1.807, 2.05) is 43.3 Å². The van der Waals surface area contributed by atoms with Gasteiger partial charge in [0.1, 0.15) is 5.82 Å². The van der Waals surface area contributed by atoms with Gasteiger partial charge in [0.05, 0.1) is 0 Å². The number of hydrogen-bond donors (Lipinski definition) is 1. The molecular formula is C21H17ClFNOS. The third-order valence-corrected chi connectivity index (χ3v) is 5.22. The fourth-order valence-electron chi connectivity index (χ4n) is 2.37. The monoisotopic (exact) mass is 385 g/mol. The largest absolute Gasteiger partial charge is 0.322 e. The Bertz CT molecular complexity index is 910. The summed E-state index contributed by atoms with van der Waals surface area (Å²) in [4.78, 5) is 13.5. The fraction of sp³-hybridized carbons (Fsp3) is 0.0952. The second-order valence-electron chi connectivity index (χ2n) is 5.85. The normalized spacial score (nSPS) is 10.6. The van der Waals surface area contributed by atoms with Crippen molar-refractivity contribution >= 4 is 35.0 Å². The predicted octanol–water partition coefficient (Wildman–Crippen LogP) is 6.33. The number of thioether (sulfide) groups is 1. The van der Waals surface area contributed by atoms with Crippen LogP contribution in [0.3, 0.4) is 0 Å². The Hall–Kier alpha value is -2.30. The highest BCUT2D eigenvalue weighted by molar-refractivity contribution is 7.98. The molecule has 0 heterocycles. The third kappa shape index (κ3) is 4.87. The Morgan fingerprint density at radius 1 is 1.04 bits per heavy atom. The van der Waals surface area contributed by atoms with Crippen molar-refractivity contribution in [2.24, 2.45) is 0 Å². The van der Waals surface area contributed by atoms with E-state index in [2.05, 4.69) is 5.32 Å². The molecule has 0 saturated heterocycles. The molecule has 0 radical (unpaired) electrons. The van der Waals surface area contributed by atoms with E-state index in [9.17, 15) is 9.18 Å². The van der Waals surface area contributed by atoms with Crippen LogP contribution >= 0.6 is 23.4 Å². The van der Waals surface area contributed by atoms with Crippen LogP contribution in [-0.4, -0.2) is 5.91 Å². The van der Waals surface area contributed by atoms with Gasteiger partial charge < -0.3 is 5.32 Å². The van der Waals surface area contributed by atoms with E-state index in [4.69, 9.17) is 11.6 Å². The Balaban J connectivity index is 1.62. The van der Waals surface area contributed by atoms with Crippen molar-refractivity contribution in [2.75, 3.05) is 5.32 Å². The summed E-state index contributed by atoms with van der Waals surface area (Å²) in [6.45, 7) is 1.83. The van der Waals surface area contributed by atoms with Crippen molar-refractivity contribution in [3.05, 3.63) is 94.3 Å². The molecule has 0 aliphatic carbocycles. The summed E-state index contributed by atoms with van der Waals surface area (Å²) in [5.41, 5.74) is 2.95. The number of anilines is 1. The molecule has 132 valence electrons. The Morgan fingerprint density at radius 2 is 1.73 bits per heavy atom. The van der Waals surface area contributed by atoms with Gasteiger partial charge in [0.15, 0.2) is 0 Å². The van der Waals surface area contributed by atoms with Crippen LogP contribution in [0.1, 0.15) is 21.5 Å². The first-order valence-electron chi connectivity index (χ1n) is 8.06. The maximum atomic E-state index is 13.3. The second-order valence-corrected chi connectivity index (χ2v) is 7.34. The maximum absolute atomic E-state index is 13.3. The van der Waals surface area contributed by atoms with E-state index >= 15 is 0 Å². The highest BCUT2D eigenvalue weighted by atomic mass is 35.5. The molecular weight excluding hydrogens is 369 g/mol. The molecule has 0 aliphatic heterocycles. The van der Waals surface area contributed by atoms with Crippen LogP contribution in [0.2, 0.25) is 5.02 Å². The molecule has 3 aromatic carbocycles. The van der Waals surface area contributed by atoms with Gasteiger partial charge in [-0.3, -0.25) is 4.79 Å². The number of nitrogens with one attached hydrogen (secondary N) is 1. The van der Waals surface area contributed by atoms with Crippen LogP contribution in [0.4, 0.5) is 10.1 Å². The van der Waals surface area contributed by atoms with Crippen molar-refractivity contribution in [2.45, 2.75) is 17.6 Å². The summed E-state index contributed by atoms with van der Waals surface area (Å²) >= 11 is 7.59. The lowest BCUT2D eigenvalue weighted by atomic mass is 10.1. The number of rotatable bonds is 5. The van der Waals surface area contributed by atoms with Crippen molar-refractivity contribution in [1.82, 2.24) is 0 Å². The Kier molecular flexibility index (Phi) is 5.96. The first-order valence-corrected chi connectivity index (χ1v) is 9.42. The fourth-order valence-corrected chi connectivity index (χ4v) is 3.35. The summed E-state index contributed by atoms with van der Waals surface area (Å²) in [6.07, 6.45) is 0. The van der Waals surface area contributed by atoms with Gasteiger partial charge in [0.25, 0.3) is 5.91 Å². The Morgan fingerprint density at radius 3 is 2.42 bits per heavy atom. The van der Waals surface area contributed by atoms with Crippen LogP contribution in [0.25, 0.3) is 0 Å². The summed E-state index contributed by atoms with van der Waals surface area (Å²) in [7, 11) is 0. The van der Waals surface area contributed by atoms with Crippen LogP contribution in [0.15, 0.2) is 71.6 Å². The molecule has 0 atom stereocenters.